The van der Waals surface area contributed by atoms with Gasteiger partial charge in [-0.1, -0.05) is 43.2 Å². The number of benzene rings is 2. The Morgan fingerprint density at radius 3 is 2.56 bits per heavy atom. The van der Waals surface area contributed by atoms with Crippen molar-refractivity contribution in [3.05, 3.63) is 60.2 Å². The van der Waals surface area contributed by atoms with E-state index in [1.807, 2.05) is 42.5 Å². The topological polar surface area (TPSA) is 41.6 Å². The first kappa shape index (κ1) is 17.5. The Labute approximate surface area is 149 Å². The Kier molecular flexibility index (Phi) is 6.07. The number of carbonyl (C=O) groups is 1. The zero-order valence-corrected chi connectivity index (χ0v) is 14.8. The van der Waals surface area contributed by atoms with Gasteiger partial charge in [0.05, 0.1) is 13.7 Å². The number of rotatable bonds is 5. The highest BCUT2D eigenvalue weighted by Gasteiger charge is 2.24. The standard InChI is InChI=1S/C21H26N2O2/c1-25-19-13-11-17(12-14-19)20-10-6-3-7-15-23(20)16-21(24)22-18-8-4-2-5-9-18/h2,4-5,8-9,11-14,20H,3,6-7,10,15-16H2,1H3,(H,22,24). The predicted molar refractivity (Wildman–Crippen MR) is 101 cm³/mol. The SMILES string of the molecule is COc1ccc(C2CCCCCN2CC(=O)Nc2ccccc2)cc1. The van der Waals surface area contributed by atoms with Crippen molar-refractivity contribution in [2.45, 2.75) is 31.7 Å². The van der Waals surface area contributed by atoms with Crippen molar-refractivity contribution >= 4 is 11.6 Å². The molecule has 3 rings (SSSR count). The van der Waals surface area contributed by atoms with E-state index in [0.717, 1.165) is 30.8 Å². The molecule has 1 amide bonds. The summed E-state index contributed by atoms with van der Waals surface area (Å²) < 4.78 is 5.26. The molecular formula is C21H26N2O2. The number of anilines is 1. The minimum atomic E-state index is 0.0478. The van der Waals surface area contributed by atoms with Crippen LogP contribution in [0.2, 0.25) is 0 Å². The van der Waals surface area contributed by atoms with Crippen LogP contribution in [0.1, 0.15) is 37.3 Å². The highest BCUT2D eigenvalue weighted by molar-refractivity contribution is 5.92. The van der Waals surface area contributed by atoms with Crippen LogP contribution in [-0.4, -0.2) is 31.0 Å². The molecule has 0 saturated carbocycles. The number of para-hydroxylation sites is 1. The molecule has 2 aromatic carbocycles. The van der Waals surface area contributed by atoms with E-state index in [-0.39, 0.29) is 11.9 Å². The first-order valence-corrected chi connectivity index (χ1v) is 8.99. The van der Waals surface area contributed by atoms with Crippen LogP contribution in [0.5, 0.6) is 5.75 Å². The molecule has 1 aliphatic heterocycles. The smallest absolute Gasteiger partial charge is 0.238 e. The predicted octanol–water partition coefficient (Wildman–Crippen LogP) is 4.25. The van der Waals surface area contributed by atoms with Crippen molar-refractivity contribution in [2.24, 2.45) is 0 Å². The first-order chi connectivity index (χ1) is 12.3. The van der Waals surface area contributed by atoms with E-state index in [9.17, 15) is 4.79 Å². The van der Waals surface area contributed by atoms with Gasteiger partial charge in [-0.15, -0.1) is 0 Å². The molecule has 4 heteroatoms. The molecule has 2 aromatic rings. The number of methoxy groups -OCH3 is 1. The van der Waals surface area contributed by atoms with E-state index < -0.39 is 0 Å². The molecule has 0 aromatic heterocycles. The van der Waals surface area contributed by atoms with Crippen LogP contribution in [0.25, 0.3) is 0 Å². The van der Waals surface area contributed by atoms with Gasteiger partial charge < -0.3 is 10.1 Å². The molecule has 1 saturated heterocycles. The maximum absolute atomic E-state index is 12.5. The van der Waals surface area contributed by atoms with Crippen molar-refractivity contribution in [2.75, 3.05) is 25.5 Å². The van der Waals surface area contributed by atoms with Gasteiger partial charge in [0, 0.05) is 11.7 Å². The second-order valence-electron chi connectivity index (χ2n) is 6.52. The number of hydrogen-bond donors (Lipinski definition) is 1. The summed E-state index contributed by atoms with van der Waals surface area (Å²) in [4.78, 5) is 14.8. The first-order valence-electron chi connectivity index (χ1n) is 8.99. The molecule has 1 unspecified atom stereocenters. The third-order valence-electron chi connectivity index (χ3n) is 4.77. The Bertz CT molecular complexity index is 670. The summed E-state index contributed by atoms with van der Waals surface area (Å²) in [7, 11) is 1.68. The van der Waals surface area contributed by atoms with Crippen LogP contribution in [0.4, 0.5) is 5.69 Å². The van der Waals surface area contributed by atoms with Gasteiger partial charge >= 0.3 is 0 Å². The number of nitrogens with one attached hydrogen (secondary N) is 1. The highest BCUT2D eigenvalue weighted by Crippen LogP contribution is 2.31. The third-order valence-corrected chi connectivity index (χ3v) is 4.77. The van der Waals surface area contributed by atoms with E-state index in [1.165, 1.54) is 18.4 Å². The van der Waals surface area contributed by atoms with E-state index >= 15 is 0 Å². The van der Waals surface area contributed by atoms with Crippen molar-refractivity contribution < 1.29 is 9.53 Å². The quantitative estimate of drug-likeness (QED) is 0.886. The van der Waals surface area contributed by atoms with Crippen molar-refractivity contribution in [3.8, 4) is 5.75 Å². The van der Waals surface area contributed by atoms with Gasteiger partial charge in [-0.2, -0.15) is 0 Å². The highest BCUT2D eigenvalue weighted by atomic mass is 16.5. The monoisotopic (exact) mass is 338 g/mol. The molecule has 0 aliphatic carbocycles. The van der Waals surface area contributed by atoms with Crippen LogP contribution in [0.15, 0.2) is 54.6 Å². The normalized spacial score (nSPS) is 18.4. The fourth-order valence-electron chi connectivity index (χ4n) is 3.47. The van der Waals surface area contributed by atoms with Gasteiger partial charge in [-0.05, 0) is 49.2 Å². The number of ether oxygens (including phenoxy) is 1. The largest absolute Gasteiger partial charge is 0.497 e. The second kappa shape index (κ2) is 8.67. The van der Waals surface area contributed by atoms with Crippen molar-refractivity contribution in [1.82, 2.24) is 4.90 Å². The van der Waals surface area contributed by atoms with Gasteiger partial charge in [-0.3, -0.25) is 9.69 Å². The molecule has 1 atom stereocenters. The second-order valence-corrected chi connectivity index (χ2v) is 6.52. The summed E-state index contributed by atoms with van der Waals surface area (Å²) >= 11 is 0. The molecule has 1 fully saturated rings. The molecule has 132 valence electrons. The average molecular weight is 338 g/mol. The summed E-state index contributed by atoms with van der Waals surface area (Å²) in [5.41, 5.74) is 2.11. The number of carbonyl (C=O) groups excluding carboxylic acids is 1. The summed E-state index contributed by atoms with van der Waals surface area (Å²) in [5.74, 6) is 0.914. The van der Waals surface area contributed by atoms with Crippen LogP contribution in [0.3, 0.4) is 0 Å². The third kappa shape index (κ3) is 4.83. The Hall–Kier alpha value is -2.33. The molecule has 1 N–H and O–H groups in total. The lowest BCUT2D eigenvalue weighted by molar-refractivity contribution is -0.117. The minimum absolute atomic E-state index is 0.0478. The summed E-state index contributed by atoms with van der Waals surface area (Å²) in [6.07, 6.45) is 4.66. The lowest BCUT2D eigenvalue weighted by Gasteiger charge is -2.29. The minimum Gasteiger partial charge on any atom is -0.497 e. The molecular weight excluding hydrogens is 312 g/mol. The molecule has 4 nitrogen and oxygen atoms in total. The Balaban J connectivity index is 1.70. The van der Waals surface area contributed by atoms with Crippen molar-refractivity contribution in [1.29, 1.82) is 0 Å². The van der Waals surface area contributed by atoms with E-state index in [0.29, 0.717) is 6.54 Å². The fourth-order valence-corrected chi connectivity index (χ4v) is 3.47. The summed E-state index contributed by atoms with van der Waals surface area (Å²) in [5, 5.41) is 3.00. The molecule has 1 aliphatic rings. The summed E-state index contributed by atoms with van der Waals surface area (Å²) in [6, 6.07) is 18.2. The van der Waals surface area contributed by atoms with Crippen LogP contribution < -0.4 is 10.1 Å². The molecule has 0 spiro atoms. The number of hydrogen-bond acceptors (Lipinski definition) is 3. The summed E-state index contributed by atoms with van der Waals surface area (Å²) in [6.45, 7) is 1.38. The van der Waals surface area contributed by atoms with Crippen LogP contribution in [0, 0.1) is 0 Å². The van der Waals surface area contributed by atoms with Gasteiger partial charge in [0.25, 0.3) is 0 Å². The Morgan fingerprint density at radius 1 is 1.08 bits per heavy atom. The van der Waals surface area contributed by atoms with Gasteiger partial charge in [0.1, 0.15) is 5.75 Å². The molecule has 0 bridgehead atoms. The maximum atomic E-state index is 12.5. The van der Waals surface area contributed by atoms with E-state index in [4.69, 9.17) is 4.74 Å². The number of likely N-dealkylation sites (tertiary alicyclic amines) is 1. The number of amides is 1. The zero-order valence-electron chi connectivity index (χ0n) is 14.8. The van der Waals surface area contributed by atoms with Gasteiger partial charge in [0.2, 0.25) is 5.91 Å². The van der Waals surface area contributed by atoms with Crippen LogP contribution in [-0.2, 0) is 4.79 Å². The van der Waals surface area contributed by atoms with Gasteiger partial charge in [-0.25, -0.2) is 0 Å². The lowest BCUT2D eigenvalue weighted by atomic mass is 10.0. The van der Waals surface area contributed by atoms with Crippen LogP contribution >= 0.6 is 0 Å². The number of nitrogens with zero attached hydrogens (tertiary/aromatic N) is 1. The van der Waals surface area contributed by atoms with Crippen molar-refractivity contribution in [3.63, 3.8) is 0 Å². The lowest BCUT2D eigenvalue weighted by Crippen LogP contribution is -2.36. The average Bonchev–Trinajstić information content (AvgIpc) is 2.88. The fraction of sp³-hybridized carbons (Fsp3) is 0.381. The Morgan fingerprint density at radius 2 is 1.84 bits per heavy atom. The zero-order chi connectivity index (χ0) is 17.5. The van der Waals surface area contributed by atoms with E-state index in [1.54, 1.807) is 7.11 Å². The molecule has 1 heterocycles. The molecule has 25 heavy (non-hydrogen) atoms. The van der Waals surface area contributed by atoms with Gasteiger partial charge in [0.15, 0.2) is 0 Å². The maximum Gasteiger partial charge on any atom is 0.238 e. The van der Waals surface area contributed by atoms with E-state index in [2.05, 4.69) is 22.3 Å². The molecule has 0 radical (unpaired) electrons.